The molecule has 1 heterocycles. The van der Waals surface area contributed by atoms with E-state index in [0.29, 0.717) is 6.54 Å². The zero-order valence-corrected chi connectivity index (χ0v) is 9.89. The normalized spacial score (nSPS) is 11.1. The van der Waals surface area contributed by atoms with Crippen LogP contribution in [0.25, 0.3) is 0 Å². The van der Waals surface area contributed by atoms with E-state index < -0.39 is 6.43 Å². The molecule has 0 aliphatic carbocycles. The van der Waals surface area contributed by atoms with Crippen molar-refractivity contribution >= 4 is 0 Å². The number of hydrogen-bond donors (Lipinski definition) is 1. The second kappa shape index (κ2) is 6.26. The van der Waals surface area contributed by atoms with Crippen molar-refractivity contribution in [3.63, 3.8) is 0 Å². The molecule has 96 valence electrons. The highest BCUT2D eigenvalue weighted by Gasteiger charge is 2.05. The molecule has 2 aromatic rings. The fourth-order valence-electron chi connectivity index (χ4n) is 1.64. The van der Waals surface area contributed by atoms with Crippen molar-refractivity contribution in [2.24, 2.45) is 0 Å². The second-order valence-corrected chi connectivity index (χ2v) is 4.02. The minimum atomic E-state index is -2.40. The van der Waals surface area contributed by atoms with Crippen molar-refractivity contribution < 1.29 is 8.78 Å². The van der Waals surface area contributed by atoms with Gasteiger partial charge in [-0.05, 0) is 5.56 Å². The quantitative estimate of drug-likeness (QED) is 0.800. The Kier molecular flexibility index (Phi) is 4.41. The molecular weight excluding hydrogens is 236 g/mol. The van der Waals surface area contributed by atoms with Gasteiger partial charge >= 0.3 is 0 Å². The highest BCUT2D eigenvalue weighted by Crippen LogP contribution is 2.18. The van der Waals surface area contributed by atoms with Gasteiger partial charge in [0.25, 0.3) is 6.43 Å². The molecular formula is C13H15F2N3. The van der Waals surface area contributed by atoms with Crippen LogP contribution in [0.4, 0.5) is 8.78 Å². The number of halogens is 2. The third-order valence-electron chi connectivity index (χ3n) is 2.67. The standard InChI is InChI=1S/C13H15F2N3/c14-13(15)12-3-1-11(2-4-12)9-16-5-7-18-8-6-17-10-18/h1-4,6,8,10,13,16H,5,7,9H2. The average Bonchev–Trinajstić information content (AvgIpc) is 2.88. The summed E-state index contributed by atoms with van der Waals surface area (Å²) in [6.45, 7) is 2.33. The van der Waals surface area contributed by atoms with Gasteiger partial charge in [-0.15, -0.1) is 0 Å². The SMILES string of the molecule is FC(F)c1ccc(CNCCn2ccnc2)cc1. The third-order valence-corrected chi connectivity index (χ3v) is 2.67. The van der Waals surface area contributed by atoms with Gasteiger partial charge in [-0.3, -0.25) is 0 Å². The fourth-order valence-corrected chi connectivity index (χ4v) is 1.64. The maximum atomic E-state index is 12.3. The number of rotatable bonds is 6. The van der Waals surface area contributed by atoms with Crippen molar-refractivity contribution in [2.75, 3.05) is 6.54 Å². The summed E-state index contributed by atoms with van der Waals surface area (Å²) in [5, 5.41) is 3.25. The summed E-state index contributed by atoms with van der Waals surface area (Å²) in [5.41, 5.74) is 1.07. The van der Waals surface area contributed by atoms with Crippen LogP contribution in [0.2, 0.25) is 0 Å². The Morgan fingerprint density at radius 1 is 1.22 bits per heavy atom. The second-order valence-electron chi connectivity index (χ2n) is 4.02. The maximum absolute atomic E-state index is 12.3. The van der Waals surface area contributed by atoms with Crippen LogP contribution < -0.4 is 5.32 Å². The summed E-state index contributed by atoms with van der Waals surface area (Å²) in [5.74, 6) is 0. The van der Waals surface area contributed by atoms with E-state index in [1.165, 1.54) is 12.1 Å². The van der Waals surface area contributed by atoms with Crippen LogP contribution in [0, 0.1) is 0 Å². The summed E-state index contributed by atoms with van der Waals surface area (Å²) < 4.78 is 26.7. The smallest absolute Gasteiger partial charge is 0.263 e. The molecule has 0 fully saturated rings. The summed E-state index contributed by atoms with van der Waals surface area (Å²) in [6, 6.07) is 6.40. The molecule has 0 amide bonds. The minimum absolute atomic E-state index is 0.0668. The van der Waals surface area contributed by atoms with Gasteiger partial charge < -0.3 is 9.88 Å². The lowest BCUT2D eigenvalue weighted by Gasteiger charge is -2.06. The molecule has 0 aliphatic rings. The van der Waals surface area contributed by atoms with Crippen LogP contribution in [-0.4, -0.2) is 16.1 Å². The first-order chi connectivity index (χ1) is 8.75. The number of nitrogens with one attached hydrogen (secondary N) is 1. The summed E-state index contributed by atoms with van der Waals surface area (Å²) in [7, 11) is 0. The van der Waals surface area contributed by atoms with Crippen LogP contribution in [0.3, 0.4) is 0 Å². The summed E-state index contributed by atoms with van der Waals surface area (Å²) in [4.78, 5) is 3.95. The lowest BCUT2D eigenvalue weighted by atomic mass is 10.1. The summed E-state index contributed by atoms with van der Waals surface area (Å²) in [6.07, 6.45) is 3.01. The molecule has 0 aliphatic heterocycles. The van der Waals surface area contributed by atoms with Gasteiger partial charge in [0.1, 0.15) is 0 Å². The van der Waals surface area contributed by atoms with Crippen LogP contribution in [0.5, 0.6) is 0 Å². The molecule has 0 radical (unpaired) electrons. The molecule has 0 bridgehead atoms. The molecule has 3 nitrogen and oxygen atoms in total. The van der Waals surface area contributed by atoms with Gasteiger partial charge in [-0.1, -0.05) is 24.3 Å². The largest absolute Gasteiger partial charge is 0.336 e. The average molecular weight is 251 g/mol. The van der Waals surface area contributed by atoms with Gasteiger partial charge in [-0.2, -0.15) is 0 Å². The van der Waals surface area contributed by atoms with E-state index in [9.17, 15) is 8.78 Å². The first kappa shape index (κ1) is 12.7. The molecule has 1 aromatic carbocycles. The predicted molar refractivity (Wildman–Crippen MR) is 65.3 cm³/mol. The number of alkyl halides is 2. The first-order valence-corrected chi connectivity index (χ1v) is 5.79. The van der Waals surface area contributed by atoms with E-state index >= 15 is 0 Å². The van der Waals surface area contributed by atoms with Crippen molar-refractivity contribution in [2.45, 2.75) is 19.5 Å². The zero-order chi connectivity index (χ0) is 12.8. The summed E-state index contributed by atoms with van der Waals surface area (Å²) >= 11 is 0. The van der Waals surface area contributed by atoms with Crippen molar-refractivity contribution in [3.05, 3.63) is 54.1 Å². The number of nitrogens with zero attached hydrogens (tertiary/aromatic N) is 2. The number of aromatic nitrogens is 2. The minimum Gasteiger partial charge on any atom is -0.336 e. The monoisotopic (exact) mass is 251 g/mol. The molecule has 1 N–H and O–H groups in total. The Hall–Kier alpha value is -1.75. The first-order valence-electron chi connectivity index (χ1n) is 5.79. The molecule has 0 saturated carbocycles. The lowest BCUT2D eigenvalue weighted by Crippen LogP contribution is -2.18. The fraction of sp³-hybridized carbons (Fsp3) is 0.308. The number of benzene rings is 1. The van der Waals surface area contributed by atoms with E-state index in [1.807, 2.05) is 10.8 Å². The molecule has 2 rings (SSSR count). The highest BCUT2D eigenvalue weighted by atomic mass is 19.3. The van der Waals surface area contributed by atoms with Crippen LogP contribution in [0.15, 0.2) is 43.0 Å². The van der Waals surface area contributed by atoms with Gasteiger partial charge in [0.05, 0.1) is 6.33 Å². The molecule has 1 aromatic heterocycles. The van der Waals surface area contributed by atoms with E-state index in [-0.39, 0.29) is 5.56 Å². The Bertz CT molecular complexity index is 452. The topological polar surface area (TPSA) is 29.9 Å². The van der Waals surface area contributed by atoms with Crippen LogP contribution >= 0.6 is 0 Å². The van der Waals surface area contributed by atoms with Crippen molar-refractivity contribution in [3.8, 4) is 0 Å². The molecule has 0 unspecified atom stereocenters. The molecule has 18 heavy (non-hydrogen) atoms. The highest BCUT2D eigenvalue weighted by molar-refractivity contribution is 5.23. The molecule has 0 spiro atoms. The van der Waals surface area contributed by atoms with Gasteiger partial charge in [0, 0.05) is 37.6 Å². The molecule has 5 heteroatoms. The van der Waals surface area contributed by atoms with E-state index in [4.69, 9.17) is 0 Å². The number of hydrogen-bond acceptors (Lipinski definition) is 2. The Labute approximate surface area is 104 Å². The van der Waals surface area contributed by atoms with E-state index in [0.717, 1.165) is 18.7 Å². The predicted octanol–water partition coefficient (Wildman–Crippen LogP) is 2.61. The molecule has 0 saturated heterocycles. The van der Waals surface area contributed by atoms with Crippen LogP contribution in [-0.2, 0) is 13.1 Å². The van der Waals surface area contributed by atoms with Crippen molar-refractivity contribution in [1.82, 2.24) is 14.9 Å². The van der Waals surface area contributed by atoms with E-state index in [1.54, 1.807) is 24.7 Å². The Morgan fingerprint density at radius 2 is 2.00 bits per heavy atom. The Morgan fingerprint density at radius 3 is 2.61 bits per heavy atom. The zero-order valence-electron chi connectivity index (χ0n) is 9.89. The third kappa shape index (κ3) is 3.63. The van der Waals surface area contributed by atoms with Gasteiger partial charge in [-0.25, -0.2) is 13.8 Å². The maximum Gasteiger partial charge on any atom is 0.263 e. The number of imidazole rings is 1. The van der Waals surface area contributed by atoms with Crippen LogP contribution in [0.1, 0.15) is 17.6 Å². The van der Waals surface area contributed by atoms with Gasteiger partial charge in [0.2, 0.25) is 0 Å². The van der Waals surface area contributed by atoms with Crippen molar-refractivity contribution in [1.29, 1.82) is 0 Å². The lowest BCUT2D eigenvalue weighted by molar-refractivity contribution is 0.151. The van der Waals surface area contributed by atoms with Gasteiger partial charge in [0.15, 0.2) is 0 Å². The Balaban J connectivity index is 1.73. The van der Waals surface area contributed by atoms with E-state index in [2.05, 4.69) is 10.3 Å². The molecule has 0 atom stereocenters.